The summed E-state index contributed by atoms with van der Waals surface area (Å²) in [6, 6.07) is 12.2. The van der Waals surface area contributed by atoms with Gasteiger partial charge in [-0.05, 0) is 42.8 Å². The molecule has 0 aliphatic carbocycles. The fourth-order valence-corrected chi connectivity index (χ4v) is 2.33. The highest BCUT2D eigenvalue weighted by atomic mass is 35.5. The van der Waals surface area contributed by atoms with E-state index < -0.39 is 0 Å². The Morgan fingerprint density at radius 1 is 0.952 bits per heavy atom. The Kier molecular flexibility index (Phi) is 4.04. The lowest BCUT2D eigenvalue weighted by atomic mass is 10.1. The Morgan fingerprint density at radius 3 is 2.19 bits per heavy atom. The van der Waals surface area contributed by atoms with E-state index in [1.54, 1.807) is 42.5 Å². The van der Waals surface area contributed by atoms with Crippen LogP contribution >= 0.6 is 23.2 Å². The zero-order valence-electron chi connectivity index (χ0n) is 11.2. The minimum Gasteiger partial charge on any atom is -0.457 e. The van der Waals surface area contributed by atoms with Crippen LogP contribution in [0, 0.1) is 0 Å². The van der Waals surface area contributed by atoms with Crippen molar-refractivity contribution in [3.05, 3.63) is 58.1 Å². The molecule has 1 aliphatic rings. The van der Waals surface area contributed by atoms with E-state index in [1.807, 2.05) is 4.90 Å². The first kappa shape index (κ1) is 14.2. The van der Waals surface area contributed by atoms with Crippen LogP contribution in [0.4, 0.5) is 0 Å². The van der Waals surface area contributed by atoms with Crippen LogP contribution in [0.2, 0.25) is 10.0 Å². The predicted octanol–water partition coefficient (Wildman–Crippen LogP) is 4.63. The van der Waals surface area contributed by atoms with Gasteiger partial charge in [0, 0.05) is 24.7 Å². The molecule has 0 unspecified atom stereocenters. The molecule has 1 amide bonds. The van der Waals surface area contributed by atoms with Gasteiger partial charge in [0.25, 0.3) is 5.91 Å². The summed E-state index contributed by atoms with van der Waals surface area (Å²) in [6.07, 6.45) is 1.09. The van der Waals surface area contributed by atoms with Crippen molar-refractivity contribution in [3.8, 4) is 11.5 Å². The summed E-state index contributed by atoms with van der Waals surface area (Å²) in [5.41, 5.74) is 0.677. The van der Waals surface area contributed by atoms with Crippen molar-refractivity contribution in [1.82, 2.24) is 4.90 Å². The van der Waals surface area contributed by atoms with Crippen molar-refractivity contribution in [2.24, 2.45) is 0 Å². The van der Waals surface area contributed by atoms with Crippen molar-refractivity contribution in [2.45, 2.75) is 6.42 Å². The number of likely N-dealkylation sites (tertiary alicyclic amines) is 1. The van der Waals surface area contributed by atoms with Crippen LogP contribution in [-0.4, -0.2) is 23.9 Å². The number of benzene rings is 2. The number of carbonyl (C=O) groups is 1. The van der Waals surface area contributed by atoms with Crippen LogP contribution in [0.3, 0.4) is 0 Å². The SMILES string of the molecule is O=C(c1ccc(Oc2ccc(Cl)c(Cl)c2)cc1)N1CCC1. The van der Waals surface area contributed by atoms with Crippen molar-refractivity contribution in [1.29, 1.82) is 0 Å². The first-order chi connectivity index (χ1) is 10.1. The standard InChI is InChI=1S/C16H13Cl2NO2/c17-14-7-6-13(10-15(14)18)21-12-4-2-11(3-5-12)16(20)19-8-1-9-19/h2-7,10H,1,8-9H2. The molecule has 0 aromatic heterocycles. The summed E-state index contributed by atoms with van der Waals surface area (Å²) in [7, 11) is 0. The maximum absolute atomic E-state index is 12.0. The van der Waals surface area contributed by atoms with E-state index in [2.05, 4.69) is 0 Å². The summed E-state index contributed by atoms with van der Waals surface area (Å²) >= 11 is 11.8. The van der Waals surface area contributed by atoms with Gasteiger partial charge in [0.15, 0.2) is 0 Å². The van der Waals surface area contributed by atoms with Crippen molar-refractivity contribution < 1.29 is 9.53 Å². The van der Waals surface area contributed by atoms with Gasteiger partial charge in [0.05, 0.1) is 10.0 Å². The summed E-state index contributed by atoms with van der Waals surface area (Å²) < 4.78 is 5.68. The summed E-state index contributed by atoms with van der Waals surface area (Å²) in [5, 5.41) is 0.929. The molecule has 2 aromatic rings. The Balaban J connectivity index is 1.71. The van der Waals surface area contributed by atoms with Gasteiger partial charge in [0.2, 0.25) is 0 Å². The second-order valence-corrected chi connectivity index (χ2v) is 5.66. The quantitative estimate of drug-likeness (QED) is 0.824. The normalized spacial score (nSPS) is 13.7. The molecule has 1 saturated heterocycles. The topological polar surface area (TPSA) is 29.5 Å². The van der Waals surface area contributed by atoms with E-state index in [0.717, 1.165) is 19.5 Å². The van der Waals surface area contributed by atoms with Crippen LogP contribution in [0.25, 0.3) is 0 Å². The minimum atomic E-state index is 0.0716. The summed E-state index contributed by atoms with van der Waals surface area (Å²) in [5.74, 6) is 1.32. The van der Waals surface area contributed by atoms with Gasteiger partial charge < -0.3 is 9.64 Å². The number of halogens is 2. The molecule has 108 valence electrons. The molecular weight excluding hydrogens is 309 g/mol. The maximum atomic E-state index is 12.0. The number of ether oxygens (including phenoxy) is 1. The number of amides is 1. The molecule has 0 saturated carbocycles. The second kappa shape index (κ2) is 5.96. The lowest BCUT2D eigenvalue weighted by molar-refractivity contribution is 0.0652. The monoisotopic (exact) mass is 321 g/mol. The minimum absolute atomic E-state index is 0.0716. The van der Waals surface area contributed by atoms with Gasteiger partial charge in [-0.3, -0.25) is 4.79 Å². The molecule has 21 heavy (non-hydrogen) atoms. The lowest BCUT2D eigenvalue weighted by Crippen LogP contribution is -2.41. The highest BCUT2D eigenvalue weighted by Crippen LogP contribution is 2.29. The summed E-state index contributed by atoms with van der Waals surface area (Å²) in [4.78, 5) is 13.9. The lowest BCUT2D eigenvalue weighted by Gasteiger charge is -2.30. The maximum Gasteiger partial charge on any atom is 0.253 e. The number of hydrogen-bond donors (Lipinski definition) is 0. The molecular formula is C16H13Cl2NO2. The third-order valence-electron chi connectivity index (χ3n) is 3.37. The van der Waals surface area contributed by atoms with Crippen molar-refractivity contribution in [2.75, 3.05) is 13.1 Å². The highest BCUT2D eigenvalue weighted by Gasteiger charge is 2.21. The summed E-state index contributed by atoms with van der Waals surface area (Å²) in [6.45, 7) is 1.70. The Bertz CT molecular complexity index is 666. The van der Waals surface area contributed by atoms with E-state index in [0.29, 0.717) is 27.1 Å². The molecule has 1 heterocycles. The average Bonchev–Trinajstić information content (AvgIpc) is 2.42. The Labute approximate surface area is 133 Å². The zero-order chi connectivity index (χ0) is 14.8. The highest BCUT2D eigenvalue weighted by molar-refractivity contribution is 6.42. The molecule has 0 radical (unpaired) electrons. The van der Waals surface area contributed by atoms with Gasteiger partial charge >= 0.3 is 0 Å². The Hall–Kier alpha value is -1.71. The van der Waals surface area contributed by atoms with Crippen LogP contribution in [-0.2, 0) is 0 Å². The van der Waals surface area contributed by atoms with Crippen LogP contribution in [0.1, 0.15) is 16.8 Å². The molecule has 1 aliphatic heterocycles. The van der Waals surface area contributed by atoms with Gasteiger partial charge in [-0.2, -0.15) is 0 Å². The van der Waals surface area contributed by atoms with Gasteiger partial charge in [-0.1, -0.05) is 23.2 Å². The number of hydrogen-bond acceptors (Lipinski definition) is 2. The van der Waals surface area contributed by atoms with Gasteiger partial charge in [0.1, 0.15) is 11.5 Å². The largest absolute Gasteiger partial charge is 0.457 e. The smallest absolute Gasteiger partial charge is 0.253 e. The van der Waals surface area contributed by atoms with E-state index in [9.17, 15) is 4.79 Å². The average molecular weight is 322 g/mol. The molecule has 2 aromatic carbocycles. The van der Waals surface area contributed by atoms with Crippen LogP contribution in [0.5, 0.6) is 11.5 Å². The van der Waals surface area contributed by atoms with E-state index in [4.69, 9.17) is 27.9 Å². The van der Waals surface area contributed by atoms with Gasteiger partial charge in [-0.25, -0.2) is 0 Å². The predicted molar refractivity (Wildman–Crippen MR) is 83.5 cm³/mol. The fraction of sp³-hybridized carbons (Fsp3) is 0.188. The first-order valence-corrected chi connectivity index (χ1v) is 7.41. The molecule has 3 nitrogen and oxygen atoms in total. The molecule has 0 spiro atoms. The molecule has 1 fully saturated rings. The number of nitrogens with zero attached hydrogens (tertiary/aromatic N) is 1. The third-order valence-corrected chi connectivity index (χ3v) is 4.11. The second-order valence-electron chi connectivity index (χ2n) is 4.85. The third kappa shape index (κ3) is 3.14. The molecule has 0 N–H and O–H groups in total. The number of rotatable bonds is 3. The van der Waals surface area contributed by atoms with Crippen molar-refractivity contribution >= 4 is 29.1 Å². The van der Waals surface area contributed by atoms with Crippen LogP contribution < -0.4 is 4.74 Å². The van der Waals surface area contributed by atoms with E-state index >= 15 is 0 Å². The fourth-order valence-electron chi connectivity index (χ4n) is 2.04. The molecule has 5 heteroatoms. The van der Waals surface area contributed by atoms with Crippen LogP contribution in [0.15, 0.2) is 42.5 Å². The van der Waals surface area contributed by atoms with Crippen molar-refractivity contribution in [3.63, 3.8) is 0 Å². The Morgan fingerprint density at radius 2 is 1.62 bits per heavy atom. The van der Waals surface area contributed by atoms with Gasteiger partial charge in [-0.15, -0.1) is 0 Å². The molecule has 3 rings (SSSR count). The zero-order valence-corrected chi connectivity index (χ0v) is 12.7. The molecule has 0 bridgehead atoms. The molecule has 0 atom stereocenters. The number of carbonyl (C=O) groups excluding carboxylic acids is 1. The van der Waals surface area contributed by atoms with E-state index in [-0.39, 0.29) is 5.91 Å². The first-order valence-electron chi connectivity index (χ1n) is 6.66. The van der Waals surface area contributed by atoms with E-state index in [1.165, 1.54) is 0 Å².